The maximum absolute atomic E-state index is 15.1. The van der Waals surface area contributed by atoms with Crippen LogP contribution in [0.5, 0.6) is 0 Å². The molecule has 0 saturated carbocycles. The normalized spacial score (nSPS) is 20.7. The molecular weight excluding hydrogens is 314 g/mol. The SMILES string of the molecule is CCCOCCC(=C(F)B1OC(C)(C)C(C)(C)O1)c1ccsc1. The minimum absolute atomic E-state index is 0.345. The minimum Gasteiger partial charge on any atom is -0.398 e. The van der Waals surface area contributed by atoms with E-state index in [-0.39, 0.29) is 5.73 Å². The minimum atomic E-state index is -0.957. The largest absolute Gasteiger partial charge is 0.525 e. The summed E-state index contributed by atoms with van der Waals surface area (Å²) in [5, 5.41) is 3.89. The van der Waals surface area contributed by atoms with Crippen molar-refractivity contribution in [2.24, 2.45) is 0 Å². The van der Waals surface area contributed by atoms with Crippen LogP contribution in [0.4, 0.5) is 4.39 Å². The van der Waals surface area contributed by atoms with Gasteiger partial charge in [0.1, 0.15) is 5.73 Å². The molecule has 0 atom stereocenters. The topological polar surface area (TPSA) is 27.7 Å². The molecule has 1 aliphatic heterocycles. The second-order valence-electron chi connectivity index (χ2n) is 6.79. The molecule has 0 bridgehead atoms. The summed E-state index contributed by atoms with van der Waals surface area (Å²) in [6.07, 6.45) is 1.46. The van der Waals surface area contributed by atoms with E-state index in [0.29, 0.717) is 25.2 Å². The Morgan fingerprint density at radius 3 is 2.39 bits per heavy atom. The van der Waals surface area contributed by atoms with Crippen LogP contribution >= 0.6 is 11.3 Å². The molecule has 3 nitrogen and oxygen atoms in total. The predicted octanol–water partition coefficient (Wildman–Crippen LogP) is 4.88. The summed E-state index contributed by atoms with van der Waals surface area (Å²) in [5.41, 5.74) is 0.0475. The van der Waals surface area contributed by atoms with Gasteiger partial charge in [0.05, 0.1) is 17.8 Å². The van der Waals surface area contributed by atoms with Gasteiger partial charge in [0.15, 0.2) is 0 Å². The molecular formula is C17H26BFO3S. The van der Waals surface area contributed by atoms with Crippen LogP contribution < -0.4 is 0 Å². The highest BCUT2D eigenvalue weighted by molar-refractivity contribution is 7.08. The number of hydrogen-bond donors (Lipinski definition) is 0. The van der Waals surface area contributed by atoms with Gasteiger partial charge < -0.3 is 14.0 Å². The molecule has 0 spiro atoms. The number of thiophene rings is 1. The van der Waals surface area contributed by atoms with Gasteiger partial charge in [-0.05, 0) is 68.5 Å². The van der Waals surface area contributed by atoms with Gasteiger partial charge in [-0.1, -0.05) is 6.92 Å². The van der Waals surface area contributed by atoms with Gasteiger partial charge in [-0.15, -0.1) is 0 Å². The van der Waals surface area contributed by atoms with E-state index in [9.17, 15) is 0 Å². The van der Waals surface area contributed by atoms with Crippen molar-refractivity contribution in [2.45, 2.75) is 58.7 Å². The molecule has 0 aromatic carbocycles. The third-order valence-electron chi connectivity index (χ3n) is 4.46. The smallest absolute Gasteiger partial charge is 0.398 e. The number of hydrogen-bond acceptors (Lipinski definition) is 4. The van der Waals surface area contributed by atoms with E-state index in [4.69, 9.17) is 14.0 Å². The number of halogens is 1. The predicted molar refractivity (Wildman–Crippen MR) is 94.2 cm³/mol. The van der Waals surface area contributed by atoms with Crippen LogP contribution in [0, 0.1) is 0 Å². The van der Waals surface area contributed by atoms with Crippen LogP contribution in [0.15, 0.2) is 22.6 Å². The fourth-order valence-corrected chi connectivity index (χ4v) is 3.02. The Morgan fingerprint density at radius 1 is 1.22 bits per heavy atom. The van der Waals surface area contributed by atoms with E-state index in [1.807, 2.05) is 44.5 Å². The van der Waals surface area contributed by atoms with E-state index < -0.39 is 18.3 Å². The second-order valence-corrected chi connectivity index (χ2v) is 7.57. The molecule has 1 aromatic rings. The zero-order valence-corrected chi connectivity index (χ0v) is 15.5. The molecule has 2 rings (SSSR count). The molecule has 1 aromatic heterocycles. The van der Waals surface area contributed by atoms with Crippen LogP contribution in [-0.4, -0.2) is 31.5 Å². The Morgan fingerprint density at radius 2 is 1.87 bits per heavy atom. The number of rotatable bonds is 7. The van der Waals surface area contributed by atoms with Gasteiger partial charge >= 0.3 is 7.12 Å². The standard InChI is InChI=1S/C17H26BFO3S/c1-6-9-20-10-7-14(13-8-11-23-12-13)15(19)18-21-16(2,3)17(4,5)22-18/h8,11-12H,6-7,9-10H2,1-5H3. The van der Waals surface area contributed by atoms with Crippen LogP contribution in [0.2, 0.25) is 0 Å². The fourth-order valence-electron chi connectivity index (χ4n) is 2.35. The Hall–Kier alpha value is -0.685. The molecule has 23 heavy (non-hydrogen) atoms. The monoisotopic (exact) mass is 340 g/mol. The van der Waals surface area contributed by atoms with Crippen molar-refractivity contribution in [3.05, 3.63) is 28.1 Å². The van der Waals surface area contributed by atoms with Crippen LogP contribution in [0.1, 0.15) is 53.0 Å². The first-order valence-electron chi connectivity index (χ1n) is 8.13. The quantitative estimate of drug-likeness (QED) is 0.523. The zero-order valence-electron chi connectivity index (χ0n) is 14.6. The van der Waals surface area contributed by atoms with E-state index in [1.165, 1.54) is 0 Å². The average molecular weight is 340 g/mol. The van der Waals surface area contributed by atoms with E-state index in [0.717, 1.165) is 12.0 Å². The van der Waals surface area contributed by atoms with Crippen molar-refractivity contribution in [2.75, 3.05) is 13.2 Å². The molecule has 0 radical (unpaired) electrons. The summed E-state index contributed by atoms with van der Waals surface area (Å²) >= 11 is 1.55. The number of ether oxygens (including phenoxy) is 1. The molecule has 128 valence electrons. The third-order valence-corrected chi connectivity index (χ3v) is 5.15. The molecule has 0 aliphatic carbocycles. The lowest BCUT2D eigenvalue weighted by Gasteiger charge is -2.32. The highest BCUT2D eigenvalue weighted by Crippen LogP contribution is 2.40. The maximum Gasteiger partial charge on any atom is 0.525 e. The van der Waals surface area contributed by atoms with Gasteiger partial charge in [0, 0.05) is 6.61 Å². The van der Waals surface area contributed by atoms with E-state index >= 15 is 4.39 Å². The van der Waals surface area contributed by atoms with Gasteiger partial charge in [-0.3, -0.25) is 0 Å². The molecule has 1 aliphatic rings. The fraction of sp³-hybridized carbons (Fsp3) is 0.647. The third kappa shape index (κ3) is 4.24. The Labute approximate surface area is 143 Å². The highest BCUT2D eigenvalue weighted by atomic mass is 32.1. The summed E-state index contributed by atoms with van der Waals surface area (Å²) in [4.78, 5) is 0. The van der Waals surface area contributed by atoms with Crippen LogP contribution in [0.3, 0.4) is 0 Å². The summed E-state index contributed by atoms with van der Waals surface area (Å²) in [5.74, 6) is 0. The summed E-state index contributed by atoms with van der Waals surface area (Å²) in [6.45, 7) is 10.9. The lowest BCUT2D eigenvalue weighted by atomic mass is 9.82. The van der Waals surface area contributed by atoms with Gasteiger partial charge in [0.2, 0.25) is 0 Å². The molecule has 0 amide bonds. The van der Waals surface area contributed by atoms with Gasteiger partial charge in [0.25, 0.3) is 0 Å². The van der Waals surface area contributed by atoms with Gasteiger partial charge in [-0.25, -0.2) is 4.39 Å². The zero-order chi connectivity index (χ0) is 17.1. The van der Waals surface area contributed by atoms with E-state index in [1.54, 1.807) is 11.3 Å². The van der Waals surface area contributed by atoms with Gasteiger partial charge in [-0.2, -0.15) is 11.3 Å². The first-order valence-corrected chi connectivity index (χ1v) is 9.07. The van der Waals surface area contributed by atoms with Crippen molar-refractivity contribution in [3.8, 4) is 0 Å². The lowest BCUT2D eigenvalue weighted by molar-refractivity contribution is 0.00578. The second kappa shape index (κ2) is 7.47. The first kappa shape index (κ1) is 18.7. The van der Waals surface area contributed by atoms with Crippen molar-refractivity contribution in [1.82, 2.24) is 0 Å². The molecule has 1 fully saturated rings. The van der Waals surface area contributed by atoms with Crippen LogP contribution in [-0.2, 0) is 14.0 Å². The van der Waals surface area contributed by atoms with Crippen LogP contribution in [0.25, 0.3) is 5.57 Å². The Kier molecular flexibility index (Phi) is 6.06. The lowest BCUT2D eigenvalue weighted by Crippen LogP contribution is -2.41. The first-order chi connectivity index (χ1) is 10.8. The maximum atomic E-state index is 15.1. The Bertz CT molecular complexity index is 524. The van der Waals surface area contributed by atoms with E-state index in [2.05, 4.69) is 6.92 Å². The average Bonchev–Trinajstić information content (AvgIpc) is 3.05. The van der Waals surface area contributed by atoms with Crippen molar-refractivity contribution in [3.63, 3.8) is 0 Å². The molecule has 0 N–H and O–H groups in total. The summed E-state index contributed by atoms with van der Waals surface area (Å²) in [6, 6.07) is 1.92. The summed E-state index contributed by atoms with van der Waals surface area (Å²) < 4.78 is 32.3. The summed E-state index contributed by atoms with van der Waals surface area (Å²) in [7, 11) is -0.957. The highest BCUT2D eigenvalue weighted by Gasteiger charge is 2.53. The van der Waals surface area contributed by atoms with Crippen molar-refractivity contribution >= 4 is 24.0 Å². The molecule has 1 saturated heterocycles. The molecule has 6 heteroatoms. The van der Waals surface area contributed by atoms with Crippen molar-refractivity contribution < 1.29 is 18.4 Å². The van der Waals surface area contributed by atoms with Crippen molar-refractivity contribution in [1.29, 1.82) is 0 Å². The molecule has 2 heterocycles. The Balaban J connectivity index is 2.21. The molecule has 0 unspecified atom stereocenters.